The molecule has 2 rings (SSSR count). The summed E-state index contributed by atoms with van der Waals surface area (Å²) in [6.07, 6.45) is 0.419. The number of aliphatic hydroxyl groups excluding tert-OH is 1. The summed E-state index contributed by atoms with van der Waals surface area (Å²) in [5, 5.41) is 9.89. The maximum atomic E-state index is 12.4. The lowest BCUT2D eigenvalue weighted by Gasteiger charge is -2.34. The molecular formula is C15H20N2O2S. The molecule has 3 N–H and O–H groups in total. The first-order valence-corrected chi connectivity index (χ1v) is 7.61. The van der Waals surface area contributed by atoms with Gasteiger partial charge < -0.3 is 15.7 Å². The van der Waals surface area contributed by atoms with Crippen molar-refractivity contribution in [1.82, 2.24) is 4.90 Å². The lowest BCUT2D eigenvalue weighted by Crippen LogP contribution is -2.45. The quantitative estimate of drug-likeness (QED) is 0.765. The molecule has 1 fully saturated rings. The number of likely N-dealkylation sites (tertiary alicyclic amines) is 1. The zero-order valence-corrected chi connectivity index (χ0v) is 12.7. The fraction of sp³-hybridized carbons (Fsp3) is 0.533. The van der Waals surface area contributed by atoms with Crippen LogP contribution in [0, 0.1) is 24.7 Å². The Morgan fingerprint density at radius 3 is 3.05 bits per heavy atom. The van der Waals surface area contributed by atoms with E-state index < -0.39 is 6.10 Å². The highest BCUT2D eigenvalue weighted by atomic mass is 32.1. The van der Waals surface area contributed by atoms with Crippen LogP contribution in [-0.2, 0) is 0 Å². The van der Waals surface area contributed by atoms with Crippen LogP contribution in [-0.4, -0.2) is 41.7 Å². The molecule has 1 saturated heterocycles. The molecule has 1 amide bonds. The van der Waals surface area contributed by atoms with Gasteiger partial charge >= 0.3 is 0 Å². The number of nitrogens with zero attached hydrogens (tertiary/aromatic N) is 1. The van der Waals surface area contributed by atoms with Crippen LogP contribution < -0.4 is 5.73 Å². The zero-order valence-electron chi connectivity index (χ0n) is 11.8. The molecule has 0 aliphatic carbocycles. The van der Waals surface area contributed by atoms with E-state index in [1.165, 1.54) is 11.3 Å². The molecule has 0 radical (unpaired) electrons. The number of aryl methyl sites for hydroxylation is 1. The fourth-order valence-electron chi connectivity index (χ4n) is 2.23. The van der Waals surface area contributed by atoms with Gasteiger partial charge in [0.25, 0.3) is 5.91 Å². The van der Waals surface area contributed by atoms with E-state index in [9.17, 15) is 9.90 Å². The van der Waals surface area contributed by atoms with Crippen LogP contribution in [0.3, 0.4) is 0 Å². The van der Waals surface area contributed by atoms with Crippen molar-refractivity contribution < 1.29 is 9.90 Å². The monoisotopic (exact) mass is 292 g/mol. The Morgan fingerprint density at radius 1 is 1.65 bits per heavy atom. The summed E-state index contributed by atoms with van der Waals surface area (Å²) in [6, 6.07) is 1.87. The SMILES string of the molecule is Cc1cc(C(=O)N2CCC(C)C(O)C2)sc1C#CCN. The summed E-state index contributed by atoms with van der Waals surface area (Å²) in [4.78, 5) is 15.8. The van der Waals surface area contributed by atoms with Gasteiger partial charge in [0.15, 0.2) is 0 Å². The van der Waals surface area contributed by atoms with E-state index in [1.54, 1.807) is 4.90 Å². The Morgan fingerprint density at radius 2 is 2.40 bits per heavy atom. The first-order chi connectivity index (χ1) is 9.52. The highest BCUT2D eigenvalue weighted by Gasteiger charge is 2.28. The van der Waals surface area contributed by atoms with Crippen molar-refractivity contribution in [3.63, 3.8) is 0 Å². The molecule has 20 heavy (non-hydrogen) atoms. The summed E-state index contributed by atoms with van der Waals surface area (Å²) in [6.45, 7) is 5.40. The molecule has 2 unspecified atom stereocenters. The molecular weight excluding hydrogens is 272 g/mol. The molecule has 2 heterocycles. The summed E-state index contributed by atoms with van der Waals surface area (Å²) < 4.78 is 0. The Kier molecular flexibility index (Phi) is 4.81. The van der Waals surface area contributed by atoms with E-state index in [-0.39, 0.29) is 11.8 Å². The minimum absolute atomic E-state index is 0.00940. The molecule has 0 aromatic carbocycles. The predicted octanol–water partition coefficient (Wildman–Crippen LogP) is 1.21. The van der Waals surface area contributed by atoms with Gasteiger partial charge in [-0.1, -0.05) is 18.8 Å². The number of rotatable bonds is 1. The van der Waals surface area contributed by atoms with Gasteiger partial charge in [-0.25, -0.2) is 0 Å². The van der Waals surface area contributed by atoms with E-state index in [0.717, 1.165) is 16.9 Å². The number of aliphatic hydroxyl groups is 1. The summed E-state index contributed by atoms with van der Waals surface area (Å²) in [5.74, 6) is 6.05. The highest BCUT2D eigenvalue weighted by Crippen LogP contribution is 2.25. The second-order valence-corrected chi connectivity index (χ2v) is 6.27. The molecule has 2 atom stereocenters. The summed E-state index contributed by atoms with van der Waals surface area (Å²) in [7, 11) is 0. The first kappa shape index (κ1) is 15.0. The Balaban J connectivity index is 2.13. The van der Waals surface area contributed by atoms with Crippen molar-refractivity contribution in [3.8, 4) is 11.8 Å². The lowest BCUT2D eigenvalue weighted by molar-refractivity contribution is 0.0251. The summed E-state index contributed by atoms with van der Waals surface area (Å²) >= 11 is 1.40. The smallest absolute Gasteiger partial charge is 0.264 e. The third-order valence-electron chi connectivity index (χ3n) is 3.64. The van der Waals surface area contributed by atoms with Gasteiger partial charge in [0.2, 0.25) is 0 Å². The number of β-amino-alcohol motifs (C(OH)–C–C–N with tert-alkyl or cyclic N) is 1. The van der Waals surface area contributed by atoms with Gasteiger partial charge in [-0.3, -0.25) is 4.79 Å². The number of nitrogens with two attached hydrogens (primary N) is 1. The van der Waals surface area contributed by atoms with Crippen LogP contribution in [0.25, 0.3) is 0 Å². The van der Waals surface area contributed by atoms with Crippen molar-refractivity contribution >= 4 is 17.2 Å². The van der Waals surface area contributed by atoms with Gasteiger partial charge in [0.05, 0.1) is 22.4 Å². The number of carbonyl (C=O) groups excluding carboxylic acids is 1. The molecule has 0 bridgehead atoms. The van der Waals surface area contributed by atoms with Crippen molar-refractivity contribution in [3.05, 3.63) is 21.4 Å². The Labute approximate surface area is 123 Å². The third-order valence-corrected chi connectivity index (χ3v) is 4.78. The second kappa shape index (κ2) is 6.40. The standard InChI is InChI=1S/C15H20N2O2S/c1-10-5-7-17(9-12(10)18)15(19)14-8-11(2)13(20-14)4-3-6-16/h8,10,12,18H,5-7,9,16H2,1-2H3. The molecule has 0 spiro atoms. The average Bonchev–Trinajstić information content (AvgIpc) is 2.80. The molecule has 1 aliphatic rings. The minimum Gasteiger partial charge on any atom is -0.391 e. The van der Waals surface area contributed by atoms with E-state index in [1.807, 2.05) is 19.9 Å². The van der Waals surface area contributed by atoms with Gasteiger partial charge in [-0.15, -0.1) is 11.3 Å². The number of carbonyl (C=O) groups is 1. The molecule has 5 heteroatoms. The van der Waals surface area contributed by atoms with Gasteiger partial charge in [-0.2, -0.15) is 0 Å². The van der Waals surface area contributed by atoms with Crippen LogP contribution in [0.1, 0.15) is 33.5 Å². The summed E-state index contributed by atoms with van der Waals surface area (Å²) in [5.41, 5.74) is 6.37. The highest BCUT2D eigenvalue weighted by molar-refractivity contribution is 7.14. The normalized spacial score (nSPS) is 22.3. The lowest BCUT2D eigenvalue weighted by atomic mass is 9.96. The Hall–Kier alpha value is -1.35. The molecule has 108 valence electrons. The Bertz CT molecular complexity index is 556. The van der Waals surface area contributed by atoms with Crippen LogP contribution >= 0.6 is 11.3 Å². The maximum Gasteiger partial charge on any atom is 0.264 e. The van der Waals surface area contributed by atoms with Crippen molar-refractivity contribution in [2.75, 3.05) is 19.6 Å². The minimum atomic E-state index is -0.426. The number of piperidine rings is 1. The van der Waals surface area contributed by atoms with E-state index in [0.29, 0.717) is 24.5 Å². The number of hydrogen-bond acceptors (Lipinski definition) is 4. The first-order valence-electron chi connectivity index (χ1n) is 6.79. The zero-order chi connectivity index (χ0) is 14.7. The number of amides is 1. The van der Waals surface area contributed by atoms with E-state index in [4.69, 9.17) is 5.73 Å². The van der Waals surface area contributed by atoms with Crippen molar-refractivity contribution in [2.24, 2.45) is 11.7 Å². The molecule has 1 aromatic rings. The molecule has 0 saturated carbocycles. The van der Waals surface area contributed by atoms with Gasteiger partial charge in [-0.05, 0) is 30.9 Å². The second-order valence-electron chi connectivity index (χ2n) is 5.21. The van der Waals surface area contributed by atoms with E-state index in [2.05, 4.69) is 11.8 Å². The van der Waals surface area contributed by atoms with Crippen molar-refractivity contribution in [1.29, 1.82) is 0 Å². The maximum absolute atomic E-state index is 12.4. The fourth-order valence-corrected chi connectivity index (χ4v) is 3.25. The third kappa shape index (κ3) is 3.21. The van der Waals surface area contributed by atoms with Crippen LogP contribution in [0.2, 0.25) is 0 Å². The van der Waals surface area contributed by atoms with E-state index >= 15 is 0 Å². The van der Waals surface area contributed by atoms with Crippen molar-refractivity contribution in [2.45, 2.75) is 26.4 Å². The largest absolute Gasteiger partial charge is 0.391 e. The number of thiophene rings is 1. The molecule has 1 aromatic heterocycles. The van der Waals surface area contributed by atoms with Gasteiger partial charge in [0.1, 0.15) is 0 Å². The topological polar surface area (TPSA) is 66.6 Å². The van der Waals surface area contributed by atoms with Crippen LogP contribution in [0.4, 0.5) is 0 Å². The van der Waals surface area contributed by atoms with Gasteiger partial charge in [0, 0.05) is 13.1 Å². The molecule has 4 nitrogen and oxygen atoms in total. The van der Waals surface area contributed by atoms with Crippen LogP contribution in [0.15, 0.2) is 6.07 Å². The molecule has 1 aliphatic heterocycles. The average molecular weight is 292 g/mol. The number of hydrogen-bond donors (Lipinski definition) is 2. The predicted molar refractivity (Wildman–Crippen MR) is 80.7 cm³/mol. The van der Waals surface area contributed by atoms with Crippen LogP contribution in [0.5, 0.6) is 0 Å².